The van der Waals surface area contributed by atoms with Crippen LogP contribution in [0.3, 0.4) is 0 Å². The van der Waals surface area contributed by atoms with Crippen molar-refractivity contribution in [2.24, 2.45) is 5.92 Å². The number of hydrogen-bond acceptors (Lipinski definition) is 3. The Morgan fingerprint density at radius 2 is 2.10 bits per heavy atom. The largest absolute Gasteiger partial charge is 0.508 e. The molecule has 1 aromatic rings. The summed E-state index contributed by atoms with van der Waals surface area (Å²) in [6.45, 7) is 7.84. The lowest BCUT2D eigenvalue weighted by molar-refractivity contribution is 0.101. The summed E-state index contributed by atoms with van der Waals surface area (Å²) in [7, 11) is 0. The van der Waals surface area contributed by atoms with Crippen molar-refractivity contribution in [1.82, 2.24) is 4.90 Å². The number of Topliss-reactive ketones (excluding diaryl/α,β-unsaturated/α-hetero) is 1. The highest BCUT2D eigenvalue weighted by atomic mass is 16.3. The molecule has 0 unspecified atom stereocenters. The Labute approximate surface area is 121 Å². The molecule has 3 nitrogen and oxygen atoms in total. The van der Waals surface area contributed by atoms with Crippen molar-refractivity contribution in [2.45, 2.75) is 52.6 Å². The lowest BCUT2D eigenvalue weighted by Crippen LogP contribution is -2.27. The van der Waals surface area contributed by atoms with E-state index < -0.39 is 0 Å². The van der Waals surface area contributed by atoms with Crippen molar-refractivity contribution in [1.29, 1.82) is 0 Å². The molecule has 0 heterocycles. The van der Waals surface area contributed by atoms with Crippen molar-refractivity contribution in [2.75, 3.05) is 6.54 Å². The summed E-state index contributed by atoms with van der Waals surface area (Å²) in [6.07, 6.45) is 3.68. The second kappa shape index (κ2) is 6.40. The Kier molecular flexibility index (Phi) is 4.81. The van der Waals surface area contributed by atoms with Crippen LogP contribution in [0.1, 0.15) is 56.0 Å². The normalized spacial score (nSPS) is 15.1. The minimum atomic E-state index is 0.0476. The second-order valence-electron chi connectivity index (χ2n) is 6.28. The zero-order valence-electron chi connectivity index (χ0n) is 12.7. The van der Waals surface area contributed by atoms with Gasteiger partial charge in [0.05, 0.1) is 0 Å². The number of nitrogens with zero attached hydrogens (tertiary/aromatic N) is 1. The highest BCUT2D eigenvalue weighted by Gasteiger charge is 2.29. The standard InChI is InChI=1S/C17H25NO2/c1-12(2)8-9-18(16-5-6-16)11-15-10-14(13(3)19)4-7-17(15)20/h4,7,10,12,16,20H,5-6,8-9,11H2,1-3H3. The average molecular weight is 275 g/mol. The zero-order chi connectivity index (χ0) is 14.7. The van der Waals surface area contributed by atoms with E-state index in [1.807, 2.05) is 6.07 Å². The molecule has 20 heavy (non-hydrogen) atoms. The fourth-order valence-electron chi connectivity index (χ4n) is 2.40. The number of carbonyl (C=O) groups is 1. The molecule has 1 N–H and O–H groups in total. The van der Waals surface area contributed by atoms with Gasteiger partial charge in [-0.15, -0.1) is 0 Å². The van der Waals surface area contributed by atoms with Crippen LogP contribution in [-0.4, -0.2) is 28.4 Å². The first-order valence-electron chi connectivity index (χ1n) is 7.54. The maximum Gasteiger partial charge on any atom is 0.159 e. The van der Waals surface area contributed by atoms with Crippen LogP contribution in [-0.2, 0) is 6.54 Å². The maximum absolute atomic E-state index is 11.5. The van der Waals surface area contributed by atoms with E-state index >= 15 is 0 Å². The van der Waals surface area contributed by atoms with Crippen LogP contribution in [0.15, 0.2) is 18.2 Å². The van der Waals surface area contributed by atoms with E-state index in [4.69, 9.17) is 0 Å². The summed E-state index contributed by atoms with van der Waals surface area (Å²) in [6, 6.07) is 5.83. The van der Waals surface area contributed by atoms with Gasteiger partial charge in [0.15, 0.2) is 5.78 Å². The molecule has 0 amide bonds. The van der Waals surface area contributed by atoms with Gasteiger partial charge in [0.25, 0.3) is 0 Å². The molecule has 1 fully saturated rings. The molecule has 0 aromatic heterocycles. The summed E-state index contributed by atoms with van der Waals surface area (Å²) in [5.41, 5.74) is 1.55. The summed E-state index contributed by atoms with van der Waals surface area (Å²) in [5.74, 6) is 1.03. The summed E-state index contributed by atoms with van der Waals surface area (Å²) in [4.78, 5) is 13.9. The predicted octanol–water partition coefficient (Wildman–Crippen LogP) is 3.61. The summed E-state index contributed by atoms with van der Waals surface area (Å²) < 4.78 is 0. The molecule has 0 saturated heterocycles. The molecule has 1 aromatic carbocycles. The monoisotopic (exact) mass is 275 g/mol. The smallest absolute Gasteiger partial charge is 0.159 e. The molecular weight excluding hydrogens is 250 g/mol. The van der Waals surface area contributed by atoms with Crippen LogP contribution in [0, 0.1) is 5.92 Å². The Balaban J connectivity index is 2.09. The number of rotatable bonds is 7. The van der Waals surface area contributed by atoms with Crippen molar-refractivity contribution in [3.63, 3.8) is 0 Å². The van der Waals surface area contributed by atoms with Gasteiger partial charge in [0.1, 0.15) is 5.75 Å². The summed E-state index contributed by atoms with van der Waals surface area (Å²) in [5, 5.41) is 10.0. The molecule has 0 bridgehead atoms. The van der Waals surface area contributed by atoms with Gasteiger partial charge >= 0.3 is 0 Å². The van der Waals surface area contributed by atoms with E-state index in [2.05, 4.69) is 18.7 Å². The lowest BCUT2D eigenvalue weighted by Gasteiger charge is -2.23. The number of phenols is 1. The number of hydrogen-bond donors (Lipinski definition) is 1. The number of benzene rings is 1. The average Bonchev–Trinajstić information content (AvgIpc) is 3.20. The fraction of sp³-hybridized carbons (Fsp3) is 0.588. The Bertz CT molecular complexity index is 478. The first kappa shape index (κ1) is 15.0. The third-order valence-electron chi connectivity index (χ3n) is 3.92. The van der Waals surface area contributed by atoms with Gasteiger partial charge in [0, 0.05) is 23.7 Å². The van der Waals surface area contributed by atoms with Gasteiger partial charge in [0.2, 0.25) is 0 Å². The fourth-order valence-corrected chi connectivity index (χ4v) is 2.40. The maximum atomic E-state index is 11.5. The molecule has 1 aliphatic carbocycles. The van der Waals surface area contributed by atoms with E-state index in [0.717, 1.165) is 18.7 Å². The molecule has 3 heteroatoms. The van der Waals surface area contributed by atoms with Crippen LogP contribution in [0.25, 0.3) is 0 Å². The van der Waals surface area contributed by atoms with Crippen molar-refractivity contribution in [3.05, 3.63) is 29.3 Å². The topological polar surface area (TPSA) is 40.5 Å². The minimum Gasteiger partial charge on any atom is -0.508 e. The third-order valence-corrected chi connectivity index (χ3v) is 3.92. The van der Waals surface area contributed by atoms with Gasteiger partial charge in [-0.05, 0) is 56.8 Å². The summed E-state index contributed by atoms with van der Waals surface area (Å²) >= 11 is 0. The van der Waals surface area contributed by atoms with Crippen LogP contribution in [0.4, 0.5) is 0 Å². The number of ketones is 1. The lowest BCUT2D eigenvalue weighted by atomic mass is 10.1. The molecule has 0 spiro atoms. The number of phenolic OH excluding ortho intramolecular Hbond substituents is 1. The Morgan fingerprint density at radius 3 is 2.65 bits per heavy atom. The third kappa shape index (κ3) is 4.07. The number of carbonyl (C=O) groups excluding carboxylic acids is 1. The van der Waals surface area contributed by atoms with Gasteiger partial charge in [-0.1, -0.05) is 13.8 Å². The molecule has 2 rings (SSSR count). The molecular formula is C17H25NO2. The van der Waals surface area contributed by atoms with Crippen LogP contribution < -0.4 is 0 Å². The van der Waals surface area contributed by atoms with Gasteiger partial charge in [-0.3, -0.25) is 9.69 Å². The highest BCUT2D eigenvalue weighted by Crippen LogP contribution is 2.31. The molecule has 0 atom stereocenters. The van der Waals surface area contributed by atoms with Crippen LogP contribution in [0.2, 0.25) is 0 Å². The number of aromatic hydroxyl groups is 1. The van der Waals surface area contributed by atoms with E-state index in [1.54, 1.807) is 19.1 Å². The SMILES string of the molecule is CC(=O)c1ccc(O)c(CN(CCC(C)C)C2CC2)c1. The van der Waals surface area contributed by atoms with Crippen LogP contribution >= 0.6 is 0 Å². The minimum absolute atomic E-state index is 0.0476. The van der Waals surface area contributed by atoms with Crippen molar-refractivity contribution in [3.8, 4) is 5.75 Å². The molecule has 0 radical (unpaired) electrons. The molecule has 0 aliphatic heterocycles. The second-order valence-corrected chi connectivity index (χ2v) is 6.28. The van der Waals surface area contributed by atoms with Gasteiger partial charge < -0.3 is 5.11 Å². The van der Waals surface area contributed by atoms with Gasteiger partial charge in [-0.2, -0.15) is 0 Å². The zero-order valence-corrected chi connectivity index (χ0v) is 12.7. The van der Waals surface area contributed by atoms with Gasteiger partial charge in [-0.25, -0.2) is 0 Å². The Morgan fingerprint density at radius 1 is 1.40 bits per heavy atom. The highest BCUT2D eigenvalue weighted by molar-refractivity contribution is 5.94. The van der Waals surface area contributed by atoms with E-state index in [9.17, 15) is 9.90 Å². The molecule has 1 aliphatic rings. The molecule has 110 valence electrons. The van der Waals surface area contributed by atoms with Crippen molar-refractivity contribution >= 4 is 5.78 Å². The predicted molar refractivity (Wildman–Crippen MR) is 81.0 cm³/mol. The molecule has 1 saturated carbocycles. The van der Waals surface area contributed by atoms with E-state index in [1.165, 1.54) is 19.3 Å². The van der Waals surface area contributed by atoms with Crippen LogP contribution in [0.5, 0.6) is 5.75 Å². The quantitative estimate of drug-likeness (QED) is 0.773. The Hall–Kier alpha value is -1.35. The first-order valence-corrected chi connectivity index (χ1v) is 7.54. The van der Waals surface area contributed by atoms with Crippen molar-refractivity contribution < 1.29 is 9.90 Å². The first-order chi connectivity index (χ1) is 9.47. The van der Waals surface area contributed by atoms with E-state index in [0.29, 0.717) is 23.3 Å². The van der Waals surface area contributed by atoms with E-state index in [-0.39, 0.29) is 5.78 Å².